The molecule has 0 fully saturated rings. The summed E-state index contributed by atoms with van der Waals surface area (Å²) in [7, 11) is 0. The summed E-state index contributed by atoms with van der Waals surface area (Å²) >= 11 is 3.62. The molecule has 2 nitrogen and oxygen atoms in total. The Morgan fingerprint density at radius 3 is 2.71 bits per heavy atom. The Hall–Kier alpha value is -0.900. The minimum absolute atomic E-state index is 0.209. The fraction of sp³-hybridized carbons (Fsp3) is 0.462. The van der Waals surface area contributed by atoms with Crippen LogP contribution >= 0.6 is 15.9 Å². The molecule has 92 valence electrons. The highest BCUT2D eigenvalue weighted by atomic mass is 79.9. The van der Waals surface area contributed by atoms with Gasteiger partial charge in [0, 0.05) is 12.1 Å². The van der Waals surface area contributed by atoms with Crippen LogP contribution in [0.15, 0.2) is 18.2 Å². The number of benzene rings is 1. The van der Waals surface area contributed by atoms with Crippen LogP contribution in [0.1, 0.15) is 43.9 Å². The minimum Gasteiger partial charge on any atom is -0.324 e. The lowest BCUT2D eigenvalue weighted by Gasteiger charge is -2.15. The number of nitrogens with zero attached hydrogens (tertiary/aromatic N) is 2. The third-order valence-corrected chi connectivity index (χ3v) is 3.89. The van der Waals surface area contributed by atoms with Gasteiger partial charge in [0.1, 0.15) is 11.6 Å². The first-order chi connectivity index (χ1) is 8.04. The van der Waals surface area contributed by atoms with Gasteiger partial charge >= 0.3 is 0 Å². The van der Waals surface area contributed by atoms with Crippen molar-refractivity contribution in [3.05, 3.63) is 29.8 Å². The standard InChI is InChI=1S/C13H16BrFN2/c1-4-10(14)13-16-11-7-9(15)5-6-12(11)17(13)8(2)3/h5-8,10H,4H2,1-3H3. The quantitative estimate of drug-likeness (QED) is 0.757. The third-order valence-electron chi connectivity index (χ3n) is 2.83. The Labute approximate surface area is 109 Å². The molecule has 0 saturated carbocycles. The highest BCUT2D eigenvalue weighted by Gasteiger charge is 2.18. The Morgan fingerprint density at radius 1 is 1.41 bits per heavy atom. The van der Waals surface area contributed by atoms with Gasteiger partial charge in [-0.25, -0.2) is 9.37 Å². The van der Waals surface area contributed by atoms with Crippen LogP contribution < -0.4 is 0 Å². The summed E-state index contributed by atoms with van der Waals surface area (Å²) in [5, 5.41) is 0. The van der Waals surface area contributed by atoms with Crippen molar-refractivity contribution in [3.63, 3.8) is 0 Å². The van der Waals surface area contributed by atoms with Gasteiger partial charge in [0.15, 0.2) is 0 Å². The first-order valence-corrected chi connectivity index (χ1v) is 6.77. The van der Waals surface area contributed by atoms with Crippen molar-refractivity contribution in [1.82, 2.24) is 9.55 Å². The van der Waals surface area contributed by atoms with E-state index in [0.29, 0.717) is 6.04 Å². The molecule has 0 amide bonds. The van der Waals surface area contributed by atoms with Crippen molar-refractivity contribution in [1.29, 1.82) is 0 Å². The average molecular weight is 299 g/mol. The molecule has 0 aliphatic rings. The maximum absolute atomic E-state index is 13.2. The number of rotatable bonds is 3. The van der Waals surface area contributed by atoms with Crippen molar-refractivity contribution in [2.24, 2.45) is 0 Å². The number of alkyl halides is 1. The average Bonchev–Trinajstić information content (AvgIpc) is 2.66. The fourth-order valence-electron chi connectivity index (χ4n) is 2.04. The van der Waals surface area contributed by atoms with Crippen molar-refractivity contribution in [2.45, 2.75) is 38.1 Å². The molecule has 0 N–H and O–H groups in total. The van der Waals surface area contributed by atoms with E-state index in [1.54, 1.807) is 6.07 Å². The number of aromatic nitrogens is 2. The number of halogens is 2. The van der Waals surface area contributed by atoms with E-state index in [4.69, 9.17) is 0 Å². The Bertz CT molecular complexity index is 533. The summed E-state index contributed by atoms with van der Waals surface area (Å²) in [5.74, 6) is 0.739. The highest BCUT2D eigenvalue weighted by Crippen LogP contribution is 2.31. The molecule has 2 aromatic rings. The number of hydrogen-bond acceptors (Lipinski definition) is 1. The molecule has 1 unspecified atom stereocenters. The number of hydrogen-bond donors (Lipinski definition) is 0. The molecule has 0 saturated heterocycles. The second-order valence-corrected chi connectivity index (χ2v) is 5.55. The molecule has 4 heteroatoms. The summed E-state index contributed by atoms with van der Waals surface area (Å²) in [6.07, 6.45) is 0.957. The zero-order valence-electron chi connectivity index (χ0n) is 10.2. The molecular formula is C13H16BrFN2. The molecule has 17 heavy (non-hydrogen) atoms. The Balaban J connectivity index is 2.70. The molecule has 0 aliphatic carbocycles. The molecule has 0 spiro atoms. The molecule has 0 aliphatic heterocycles. The van der Waals surface area contributed by atoms with Crippen LogP contribution in [0, 0.1) is 5.82 Å². The predicted octanol–water partition coefficient (Wildman–Crippen LogP) is 4.60. The van der Waals surface area contributed by atoms with Crippen LogP contribution in [-0.4, -0.2) is 9.55 Å². The SMILES string of the molecule is CCC(Br)c1nc2cc(F)ccc2n1C(C)C. The largest absolute Gasteiger partial charge is 0.324 e. The van der Waals surface area contributed by atoms with Gasteiger partial charge < -0.3 is 4.57 Å². The molecular weight excluding hydrogens is 283 g/mol. The summed E-state index contributed by atoms with van der Waals surface area (Å²) in [5.41, 5.74) is 1.72. The van der Waals surface area contributed by atoms with E-state index in [1.165, 1.54) is 12.1 Å². The molecule has 1 heterocycles. The Morgan fingerprint density at radius 2 is 2.12 bits per heavy atom. The second-order valence-electron chi connectivity index (χ2n) is 4.44. The zero-order valence-corrected chi connectivity index (χ0v) is 11.8. The lowest BCUT2D eigenvalue weighted by Crippen LogP contribution is -2.07. The highest BCUT2D eigenvalue weighted by molar-refractivity contribution is 9.09. The number of fused-ring (bicyclic) bond motifs is 1. The first-order valence-electron chi connectivity index (χ1n) is 5.86. The van der Waals surface area contributed by atoms with E-state index in [-0.39, 0.29) is 10.6 Å². The molecule has 2 rings (SSSR count). The van der Waals surface area contributed by atoms with Crippen LogP contribution in [0.3, 0.4) is 0 Å². The lowest BCUT2D eigenvalue weighted by molar-refractivity contribution is 0.578. The van der Waals surface area contributed by atoms with E-state index >= 15 is 0 Å². The van der Waals surface area contributed by atoms with Crippen molar-refractivity contribution in [2.75, 3.05) is 0 Å². The minimum atomic E-state index is -0.236. The van der Waals surface area contributed by atoms with Crippen LogP contribution in [0.4, 0.5) is 4.39 Å². The summed E-state index contributed by atoms with van der Waals surface area (Å²) in [4.78, 5) is 4.75. The van der Waals surface area contributed by atoms with E-state index in [2.05, 4.69) is 46.3 Å². The van der Waals surface area contributed by atoms with Gasteiger partial charge in [-0.15, -0.1) is 0 Å². The van der Waals surface area contributed by atoms with Crippen LogP contribution in [0.2, 0.25) is 0 Å². The van der Waals surface area contributed by atoms with Crippen LogP contribution in [0.25, 0.3) is 11.0 Å². The number of imidazole rings is 1. The van der Waals surface area contributed by atoms with Crippen LogP contribution in [0.5, 0.6) is 0 Å². The first kappa shape index (κ1) is 12.6. The molecule has 0 bridgehead atoms. The topological polar surface area (TPSA) is 17.8 Å². The molecule has 1 aromatic carbocycles. The van der Waals surface area contributed by atoms with Gasteiger partial charge in [-0.1, -0.05) is 22.9 Å². The third kappa shape index (κ3) is 2.23. The van der Waals surface area contributed by atoms with Gasteiger partial charge in [0.2, 0.25) is 0 Å². The van der Waals surface area contributed by atoms with E-state index in [0.717, 1.165) is 23.3 Å². The maximum atomic E-state index is 13.2. The van der Waals surface area contributed by atoms with Gasteiger partial charge in [-0.2, -0.15) is 0 Å². The summed E-state index contributed by atoms with van der Waals surface area (Å²) in [6.45, 7) is 6.33. The molecule has 1 aromatic heterocycles. The van der Waals surface area contributed by atoms with Gasteiger partial charge in [0.25, 0.3) is 0 Å². The summed E-state index contributed by atoms with van der Waals surface area (Å²) in [6, 6.07) is 5.10. The Kier molecular flexibility index (Phi) is 3.52. The molecule has 1 atom stereocenters. The monoisotopic (exact) mass is 298 g/mol. The zero-order chi connectivity index (χ0) is 12.6. The lowest BCUT2D eigenvalue weighted by atomic mass is 10.2. The summed E-state index contributed by atoms with van der Waals surface area (Å²) < 4.78 is 15.4. The van der Waals surface area contributed by atoms with Crippen molar-refractivity contribution >= 4 is 27.0 Å². The molecule has 0 radical (unpaired) electrons. The van der Waals surface area contributed by atoms with E-state index in [1.807, 2.05) is 0 Å². The van der Waals surface area contributed by atoms with E-state index < -0.39 is 0 Å². The second kappa shape index (κ2) is 4.77. The fourth-order valence-corrected chi connectivity index (χ4v) is 2.36. The van der Waals surface area contributed by atoms with E-state index in [9.17, 15) is 4.39 Å². The van der Waals surface area contributed by atoms with Gasteiger partial charge in [0.05, 0.1) is 15.9 Å². The predicted molar refractivity (Wildman–Crippen MR) is 72.0 cm³/mol. The van der Waals surface area contributed by atoms with Gasteiger partial charge in [-0.05, 0) is 32.4 Å². The van der Waals surface area contributed by atoms with Crippen molar-refractivity contribution < 1.29 is 4.39 Å². The van der Waals surface area contributed by atoms with Crippen LogP contribution in [-0.2, 0) is 0 Å². The maximum Gasteiger partial charge on any atom is 0.125 e. The van der Waals surface area contributed by atoms with Crippen molar-refractivity contribution in [3.8, 4) is 0 Å². The normalized spacial score (nSPS) is 13.5. The smallest absolute Gasteiger partial charge is 0.125 e. The van der Waals surface area contributed by atoms with Gasteiger partial charge in [-0.3, -0.25) is 0 Å².